The van der Waals surface area contributed by atoms with E-state index in [2.05, 4.69) is 17.0 Å². The number of nitrogens with zero attached hydrogens (tertiary/aromatic N) is 3. The maximum Gasteiger partial charge on any atom is 0.138 e. The lowest BCUT2D eigenvalue weighted by molar-refractivity contribution is 0.223. The average molecular weight is 207 g/mol. The molecule has 0 spiro atoms. The number of aliphatic hydroxyl groups excluding tert-OH is 1. The molecular formula is C11H17N3O. The average Bonchev–Trinajstić information content (AvgIpc) is 2.78. The highest BCUT2D eigenvalue weighted by Crippen LogP contribution is 2.21. The number of allylic oxidation sites excluding steroid dienone is 1. The Labute approximate surface area is 89.6 Å². The first-order chi connectivity index (χ1) is 7.29. The fourth-order valence-corrected chi connectivity index (χ4v) is 1.95. The van der Waals surface area contributed by atoms with Gasteiger partial charge in [0.25, 0.3) is 0 Å². The third-order valence-electron chi connectivity index (χ3n) is 2.71. The van der Waals surface area contributed by atoms with Crippen LogP contribution in [0.1, 0.15) is 32.0 Å². The standard InChI is InChI=1S/C11H17N3O/c1-2-5-14-11(12-8-13-14)7-9-3-4-10(15)6-9/h6,8,10,15H,2-5,7H2,1H3. The van der Waals surface area contributed by atoms with E-state index in [1.54, 1.807) is 6.33 Å². The van der Waals surface area contributed by atoms with Gasteiger partial charge in [0.2, 0.25) is 0 Å². The van der Waals surface area contributed by atoms with Crippen molar-refractivity contribution in [1.29, 1.82) is 0 Å². The second-order valence-electron chi connectivity index (χ2n) is 4.01. The lowest BCUT2D eigenvalue weighted by Gasteiger charge is -2.04. The molecule has 1 aromatic rings. The summed E-state index contributed by atoms with van der Waals surface area (Å²) in [4.78, 5) is 4.25. The first-order valence-electron chi connectivity index (χ1n) is 5.54. The quantitative estimate of drug-likeness (QED) is 0.757. The summed E-state index contributed by atoms with van der Waals surface area (Å²) < 4.78 is 1.95. The molecule has 1 aliphatic carbocycles. The fourth-order valence-electron chi connectivity index (χ4n) is 1.95. The van der Waals surface area contributed by atoms with Gasteiger partial charge in [-0.25, -0.2) is 9.67 Å². The molecule has 0 fully saturated rings. The van der Waals surface area contributed by atoms with Crippen molar-refractivity contribution in [2.24, 2.45) is 0 Å². The summed E-state index contributed by atoms with van der Waals surface area (Å²) in [6, 6.07) is 0. The predicted octanol–water partition coefficient (Wildman–Crippen LogP) is 1.31. The third kappa shape index (κ3) is 2.45. The molecule has 0 radical (unpaired) electrons. The fraction of sp³-hybridized carbons (Fsp3) is 0.636. The summed E-state index contributed by atoms with van der Waals surface area (Å²) in [5, 5.41) is 13.6. The number of aliphatic hydroxyl groups is 1. The summed E-state index contributed by atoms with van der Waals surface area (Å²) in [6.45, 7) is 3.05. The van der Waals surface area contributed by atoms with Gasteiger partial charge in [-0.05, 0) is 19.3 Å². The molecule has 1 heterocycles. The van der Waals surface area contributed by atoms with Crippen LogP contribution in [0.2, 0.25) is 0 Å². The Morgan fingerprint density at radius 1 is 1.60 bits per heavy atom. The van der Waals surface area contributed by atoms with Gasteiger partial charge in [0, 0.05) is 13.0 Å². The van der Waals surface area contributed by atoms with Gasteiger partial charge in [-0.3, -0.25) is 0 Å². The molecule has 1 aromatic heterocycles. The van der Waals surface area contributed by atoms with Crippen LogP contribution in [0.3, 0.4) is 0 Å². The van der Waals surface area contributed by atoms with E-state index in [1.807, 2.05) is 10.8 Å². The molecule has 4 nitrogen and oxygen atoms in total. The Bertz CT molecular complexity index is 356. The molecule has 0 saturated heterocycles. The number of aromatic nitrogens is 3. The molecule has 0 aliphatic heterocycles. The SMILES string of the molecule is CCCn1ncnc1CC1=CC(O)CC1. The Balaban J connectivity index is 2.04. The van der Waals surface area contributed by atoms with Crippen LogP contribution in [0.5, 0.6) is 0 Å². The minimum Gasteiger partial charge on any atom is -0.389 e. The molecule has 1 aliphatic rings. The van der Waals surface area contributed by atoms with E-state index in [9.17, 15) is 5.11 Å². The van der Waals surface area contributed by atoms with E-state index in [1.165, 1.54) is 5.57 Å². The largest absolute Gasteiger partial charge is 0.389 e. The van der Waals surface area contributed by atoms with Crippen LogP contribution in [0.25, 0.3) is 0 Å². The molecule has 82 valence electrons. The summed E-state index contributed by atoms with van der Waals surface area (Å²) in [5.74, 6) is 1.01. The molecule has 1 N–H and O–H groups in total. The van der Waals surface area contributed by atoms with Gasteiger partial charge in [-0.2, -0.15) is 5.10 Å². The molecule has 0 saturated carbocycles. The Hall–Kier alpha value is -1.16. The lowest BCUT2D eigenvalue weighted by atomic mass is 10.1. The van der Waals surface area contributed by atoms with E-state index in [0.717, 1.165) is 38.1 Å². The van der Waals surface area contributed by atoms with Crippen molar-refractivity contribution in [3.05, 3.63) is 23.8 Å². The topological polar surface area (TPSA) is 50.9 Å². The smallest absolute Gasteiger partial charge is 0.138 e. The van der Waals surface area contributed by atoms with Gasteiger partial charge in [0.05, 0.1) is 6.10 Å². The highest BCUT2D eigenvalue weighted by Gasteiger charge is 2.15. The molecular weight excluding hydrogens is 190 g/mol. The first-order valence-corrected chi connectivity index (χ1v) is 5.54. The van der Waals surface area contributed by atoms with Crippen LogP contribution in [-0.4, -0.2) is 26.0 Å². The normalized spacial score (nSPS) is 20.7. The number of rotatable bonds is 4. The van der Waals surface area contributed by atoms with Crippen LogP contribution < -0.4 is 0 Å². The van der Waals surface area contributed by atoms with Gasteiger partial charge >= 0.3 is 0 Å². The zero-order valence-electron chi connectivity index (χ0n) is 9.06. The van der Waals surface area contributed by atoms with Gasteiger partial charge in [-0.15, -0.1) is 0 Å². The maximum atomic E-state index is 9.38. The summed E-state index contributed by atoms with van der Waals surface area (Å²) in [6.07, 6.45) is 7.05. The minimum atomic E-state index is -0.248. The highest BCUT2D eigenvalue weighted by atomic mass is 16.3. The summed E-state index contributed by atoms with van der Waals surface area (Å²) in [7, 11) is 0. The van der Waals surface area contributed by atoms with Crippen molar-refractivity contribution in [3.8, 4) is 0 Å². The van der Waals surface area contributed by atoms with E-state index < -0.39 is 0 Å². The molecule has 0 bridgehead atoms. The maximum absolute atomic E-state index is 9.38. The second-order valence-corrected chi connectivity index (χ2v) is 4.01. The summed E-state index contributed by atoms with van der Waals surface area (Å²) >= 11 is 0. The van der Waals surface area contributed by atoms with Crippen molar-refractivity contribution in [3.63, 3.8) is 0 Å². The Morgan fingerprint density at radius 3 is 3.13 bits per heavy atom. The zero-order chi connectivity index (χ0) is 10.7. The van der Waals surface area contributed by atoms with Crippen molar-refractivity contribution < 1.29 is 5.11 Å². The monoisotopic (exact) mass is 207 g/mol. The van der Waals surface area contributed by atoms with Crippen LogP contribution in [0, 0.1) is 0 Å². The van der Waals surface area contributed by atoms with Gasteiger partial charge in [-0.1, -0.05) is 18.6 Å². The van der Waals surface area contributed by atoms with Crippen molar-refractivity contribution >= 4 is 0 Å². The highest BCUT2D eigenvalue weighted by molar-refractivity contribution is 5.16. The minimum absolute atomic E-state index is 0.248. The van der Waals surface area contributed by atoms with E-state index in [-0.39, 0.29) is 6.10 Å². The third-order valence-corrected chi connectivity index (χ3v) is 2.71. The molecule has 0 aromatic carbocycles. The molecule has 0 amide bonds. The molecule has 1 unspecified atom stereocenters. The zero-order valence-corrected chi connectivity index (χ0v) is 9.06. The van der Waals surface area contributed by atoms with Crippen LogP contribution in [0.4, 0.5) is 0 Å². The number of aryl methyl sites for hydroxylation is 1. The predicted molar refractivity (Wildman–Crippen MR) is 57.3 cm³/mol. The van der Waals surface area contributed by atoms with Crippen molar-refractivity contribution in [2.75, 3.05) is 0 Å². The molecule has 2 rings (SSSR count). The van der Waals surface area contributed by atoms with E-state index in [0.29, 0.717) is 0 Å². The Kier molecular flexibility index (Phi) is 3.16. The van der Waals surface area contributed by atoms with Crippen molar-refractivity contribution in [2.45, 2.75) is 45.3 Å². The molecule has 4 heteroatoms. The number of hydrogen-bond acceptors (Lipinski definition) is 3. The van der Waals surface area contributed by atoms with Crippen LogP contribution in [0.15, 0.2) is 18.0 Å². The second kappa shape index (κ2) is 4.57. The van der Waals surface area contributed by atoms with Gasteiger partial charge in [0.1, 0.15) is 12.2 Å². The van der Waals surface area contributed by atoms with Crippen LogP contribution >= 0.6 is 0 Å². The Morgan fingerprint density at radius 2 is 2.47 bits per heavy atom. The van der Waals surface area contributed by atoms with Gasteiger partial charge in [0.15, 0.2) is 0 Å². The van der Waals surface area contributed by atoms with Crippen LogP contribution in [-0.2, 0) is 13.0 Å². The lowest BCUT2D eigenvalue weighted by Crippen LogP contribution is -2.06. The van der Waals surface area contributed by atoms with Crippen molar-refractivity contribution in [1.82, 2.24) is 14.8 Å². The van der Waals surface area contributed by atoms with E-state index >= 15 is 0 Å². The van der Waals surface area contributed by atoms with E-state index in [4.69, 9.17) is 0 Å². The van der Waals surface area contributed by atoms with Gasteiger partial charge < -0.3 is 5.11 Å². The summed E-state index contributed by atoms with van der Waals surface area (Å²) in [5.41, 5.74) is 1.29. The molecule has 15 heavy (non-hydrogen) atoms. The molecule has 1 atom stereocenters. The first kappa shape index (κ1) is 10.4. The number of hydrogen-bond donors (Lipinski definition) is 1.